The minimum Gasteiger partial charge on any atom is -0.481 e. The molecule has 1 atom stereocenters. The third-order valence-electron chi connectivity index (χ3n) is 4.59. The Hall–Kier alpha value is -1.59. The van der Waals surface area contributed by atoms with Gasteiger partial charge in [0.1, 0.15) is 6.04 Å². The highest BCUT2D eigenvalue weighted by Crippen LogP contribution is 2.13. The van der Waals surface area contributed by atoms with Gasteiger partial charge < -0.3 is 15.5 Å². The van der Waals surface area contributed by atoms with E-state index in [-0.39, 0.29) is 5.91 Å². The van der Waals surface area contributed by atoms with Crippen molar-refractivity contribution in [2.24, 2.45) is 0 Å². The average molecular weight is 372 g/mol. The van der Waals surface area contributed by atoms with E-state index in [0.717, 1.165) is 38.5 Å². The number of carbonyl (C=O) groups excluding carboxylic acids is 1. The van der Waals surface area contributed by atoms with Crippen LogP contribution in [0.15, 0.2) is 0 Å². The minimum absolute atomic E-state index is 0.164. The van der Waals surface area contributed by atoms with E-state index in [4.69, 9.17) is 10.2 Å². The number of amides is 1. The van der Waals surface area contributed by atoms with Crippen molar-refractivity contribution >= 4 is 17.8 Å². The molecule has 0 unspecified atom stereocenters. The number of rotatable bonds is 18. The molecular weight excluding hydrogens is 334 g/mol. The Morgan fingerprint density at radius 3 is 1.42 bits per heavy atom. The lowest BCUT2D eigenvalue weighted by molar-refractivity contribution is -0.142. The second-order valence-corrected chi connectivity index (χ2v) is 7.00. The summed E-state index contributed by atoms with van der Waals surface area (Å²) in [6, 6.07) is -0.764. The number of nitrogens with one attached hydrogen (secondary N) is 1. The molecule has 0 spiro atoms. The lowest BCUT2D eigenvalue weighted by Gasteiger charge is -2.11. The summed E-state index contributed by atoms with van der Waals surface area (Å²) < 4.78 is 0. The molecule has 0 aliphatic carbocycles. The van der Waals surface area contributed by atoms with Gasteiger partial charge in [0.2, 0.25) is 5.91 Å². The summed E-state index contributed by atoms with van der Waals surface area (Å²) in [5, 5.41) is 20.0. The van der Waals surface area contributed by atoms with Crippen molar-refractivity contribution < 1.29 is 24.6 Å². The fraction of sp³-hybridized carbons (Fsp3) is 0.850. The fourth-order valence-corrected chi connectivity index (χ4v) is 2.93. The Morgan fingerprint density at radius 1 is 0.692 bits per heavy atom. The maximum Gasteiger partial charge on any atom is 0.326 e. The maximum absolute atomic E-state index is 11.6. The van der Waals surface area contributed by atoms with E-state index in [9.17, 15) is 14.4 Å². The van der Waals surface area contributed by atoms with Gasteiger partial charge in [-0.1, -0.05) is 71.1 Å². The molecule has 0 fully saturated rings. The summed E-state index contributed by atoms with van der Waals surface area (Å²) in [5.41, 5.74) is 0. The van der Waals surface area contributed by atoms with Gasteiger partial charge >= 0.3 is 11.9 Å². The highest BCUT2D eigenvalue weighted by atomic mass is 16.4. The van der Waals surface area contributed by atoms with Crippen LogP contribution in [0.5, 0.6) is 0 Å². The molecule has 0 aliphatic rings. The molecule has 0 aromatic rings. The average Bonchev–Trinajstić information content (AvgIpc) is 2.59. The van der Waals surface area contributed by atoms with Crippen LogP contribution in [0.4, 0.5) is 0 Å². The molecule has 0 rings (SSSR count). The highest BCUT2D eigenvalue weighted by Gasteiger charge is 2.16. The standard InChI is InChI=1S/C20H37NO5/c1-2-17(20(25)26)21-18(22)15-13-11-9-7-5-3-4-6-8-10-12-14-16-19(23)24/h17H,2-16H2,1H3,(H,21,22)(H,23,24)(H,25,26)/t17-/m0/s1. The SMILES string of the molecule is CC[C@H](NC(=O)CCCCCCCCCCCCCCC(=O)O)C(=O)O. The van der Waals surface area contributed by atoms with E-state index in [1.165, 1.54) is 38.5 Å². The number of carboxylic acids is 2. The molecule has 1 amide bonds. The first-order valence-corrected chi connectivity index (χ1v) is 10.2. The molecule has 0 saturated carbocycles. The van der Waals surface area contributed by atoms with Crippen LogP contribution in [-0.2, 0) is 14.4 Å². The Balaban J connectivity index is 3.30. The molecule has 0 heterocycles. The molecule has 0 saturated heterocycles. The first-order valence-electron chi connectivity index (χ1n) is 10.2. The van der Waals surface area contributed by atoms with Crippen molar-refractivity contribution in [3.63, 3.8) is 0 Å². The molecule has 0 aromatic heterocycles. The van der Waals surface area contributed by atoms with Crippen molar-refractivity contribution in [1.29, 1.82) is 0 Å². The third-order valence-corrected chi connectivity index (χ3v) is 4.59. The molecule has 152 valence electrons. The van der Waals surface area contributed by atoms with Gasteiger partial charge in [-0.25, -0.2) is 4.79 Å². The van der Waals surface area contributed by atoms with Crippen molar-refractivity contribution in [1.82, 2.24) is 5.32 Å². The number of carboxylic acid groups (broad SMARTS) is 2. The van der Waals surface area contributed by atoms with Gasteiger partial charge in [-0.05, 0) is 19.3 Å². The lowest BCUT2D eigenvalue weighted by Crippen LogP contribution is -2.40. The van der Waals surface area contributed by atoms with E-state index in [2.05, 4.69) is 5.32 Å². The van der Waals surface area contributed by atoms with E-state index in [0.29, 0.717) is 19.3 Å². The largest absolute Gasteiger partial charge is 0.481 e. The molecule has 6 heteroatoms. The second-order valence-electron chi connectivity index (χ2n) is 7.00. The summed E-state index contributed by atoms with van der Waals surface area (Å²) in [5.74, 6) is -1.83. The summed E-state index contributed by atoms with van der Waals surface area (Å²) in [4.78, 5) is 32.9. The quantitative estimate of drug-likeness (QED) is 0.307. The van der Waals surface area contributed by atoms with Gasteiger partial charge in [-0.3, -0.25) is 9.59 Å². The van der Waals surface area contributed by atoms with Crippen LogP contribution in [0.3, 0.4) is 0 Å². The molecule has 0 bridgehead atoms. The smallest absolute Gasteiger partial charge is 0.326 e. The Kier molecular flexibility index (Phi) is 15.8. The van der Waals surface area contributed by atoms with Crippen molar-refractivity contribution in [2.45, 2.75) is 109 Å². The Bertz CT molecular complexity index is 398. The zero-order valence-electron chi connectivity index (χ0n) is 16.3. The first-order chi connectivity index (χ1) is 12.5. The molecule has 0 radical (unpaired) electrons. The van der Waals surface area contributed by atoms with Crippen molar-refractivity contribution in [3.05, 3.63) is 0 Å². The van der Waals surface area contributed by atoms with Crippen molar-refractivity contribution in [3.8, 4) is 0 Å². The number of hydrogen-bond donors (Lipinski definition) is 3. The van der Waals surface area contributed by atoms with E-state index >= 15 is 0 Å². The van der Waals surface area contributed by atoms with Gasteiger partial charge in [0.25, 0.3) is 0 Å². The maximum atomic E-state index is 11.6. The highest BCUT2D eigenvalue weighted by molar-refractivity contribution is 5.83. The van der Waals surface area contributed by atoms with Crippen LogP contribution >= 0.6 is 0 Å². The van der Waals surface area contributed by atoms with Gasteiger partial charge in [0.15, 0.2) is 0 Å². The first kappa shape index (κ1) is 24.4. The van der Waals surface area contributed by atoms with Crippen LogP contribution in [0.1, 0.15) is 103 Å². The van der Waals surface area contributed by atoms with Gasteiger partial charge in [-0.2, -0.15) is 0 Å². The Morgan fingerprint density at radius 2 is 1.08 bits per heavy atom. The van der Waals surface area contributed by atoms with E-state index in [1.54, 1.807) is 6.92 Å². The molecule has 0 aromatic carbocycles. The summed E-state index contributed by atoms with van der Waals surface area (Å²) >= 11 is 0. The van der Waals surface area contributed by atoms with Gasteiger partial charge in [0.05, 0.1) is 0 Å². The zero-order valence-corrected chi connectivity index (χ0v) is 16.3. The number of carbonyl (C=O) groups is 3. The second kappa shape index (κ2) is 16.9. The van der Waals surface area contributed by atoms with Crippen LogP contribution < -0.4 is 5.32 Å². The predicted molar refractivity (Wildman–Crippen MR) is 102 cm³/mol. The number of hydrogen-bond acceptors (Lipinski definition) is 3. The summed E-state index contributed by atoms with van der Waals surface area (Å²) in [7, 11) is 0. The molecule has 6 nitrogen and oxygen atoms in total. The molecule has 3 N–H and O–H groups in total. The lowest BCUT2D eigenvalue weighted by atomic mass is 10.0. The van der Waals surface area contributed by atoms with E-state index in [1.807, 2.05) is 0 Å². The van der Waals surface area contributed by atoms with Gasteiger partial charge in [0, 0.05) is 12.8 Å². The van der Waals surface area contributed by atoms with Crippen LogP contribution in [0, 0.1) is 0 Å². The van der Waals surface area contributed by atoms with Crippen molar-refractivity contribution in [2.75, 3.05) is 0 Å². The van der Waals surface area contributed by atoms with Crippen LogP contribution in [-0.4, -0.2) is 34.1 Å². The fourth-order valence-electron chi connectivity index (χ4n) is 2.93. The Labute approximate surface area is 157 Å². The van der Waals surface area contributed by atoms with Crippen LogP contribution in [0.25, 0.3) is 0 Å². The summed E-state index contributed by atoms with van der Waals surface area (Å²) in [6.45, 7) is 1.75. The molecule has 0 aliphatic heterocycles. The molecular formula is C20H37NO5. The zero-order chi connectivity index (χ0) is 19.6. The third kappa shape index (κ3) is 15.9. The predicted octanol–water partition coefficient (Wildman–Crippen LogP) is 4.51. The minimum atomic E-state index is -0.971. The van der Waals surface area contributed by atoms with Gasteiger partial charge in [-0.15, -0.1) is 0 Å². The summed E-state index contributed by atoms with van der Waals surface area (Å²) in [6.07, 6.45) is 14.3. The monoisotopic (exact) mass is 371 g/mol. The number of unbranched alkanes of at least 4 members (excludes halogenated alkanes) is 11. The normalized spacial score (nSPS) is 11.9. The number of aliphatic carboxylic acids is 2. The van der Waals surface area contributed by atoms with Crippen LogP contribution in [0.2, 0.25) is 0 Å². The van der Waals surface area contributed by atoms with E-state index < -0.39 is 18.0 Å². The molecule has 26 heavy (non-hydrogen) atoms. The topological polar surface area (TPSA) is 104 Å².